The van der Waals surface area contributed by atoms with Crippen LogP contribution in [0.2, 0.25) is 0 Å². The molecule has 2 fully saturated rings. The van der Waals surface area contributed by atoms with E-state index >= 15 is 0 Å². The number of ether oxygens (including phenoxy) is 1. The van der Waals surface area contributed by atoms with Gasteiger partial charge in [-0.2, -0.15) is 0 Å². The molecule has 2 heterocycles. The smallest absolute Gasteiger partial charge is 0.343 e. The van der Waals surface area contributed by atoms with Gasteiger partial charge in [-0.1, -0.05) is 49.6 Å². The first kappa shape index (κ1) is 22.9. The molecule has 0 radical (unpaired) electrons. The summed E-state index contributed by atoms with van der Waals surface area (Å²) in [5, 5.41) is 15.2. The van der Waals surface area contributed by atoms with Crippen molar-refractivity contribution >= 4 is 5.97 Å². The molecule has 2 aromatic rings. The average Bonchev–Trinajstić information content (AvgIpc) is 2.88. The van der Waals surface area contributed by atoms with Gasteiger partial charge in [0.15, 0.2) is 5.60 Å². The van der Waals surface area contributed by atoms with Gasteiger partial charge in [-0.25, -0.2) is 14.8 Å². The fraction of sp³-hybridized carbons (Fsp3) is 0.577. The second-order valence-electron chi connectivity index (χ2n) is 9.33. The van der Waals surface area contributed by atoms with E-state index < -0.39 is 11.6 Å². The number of aliphatic hydroxyl groups is 1. The molecule has 2 aliphatic rings. The van der Waals surface area contributed by atoms with E-state index in [0.717, 1.165) is 70.2 Å². The number of aromatic nitrogens is 2. The first-order valence-electron chi connectivity index (χ1n) is 12.1. The van der Waals surface area contributed by atoms with Crippen molar-refractivity contribution in [3.05, 3.63) is 60.2 Å². The molecule has 2 N–H and O–H groups in total. The summed E-state index contributed by atoms with van der Waals surface area (Å²) in [6.45, 7) is 2.27. The zero-order valence-electron chi connectivity index (χ0n) is 18.8. The molecule has 4 rings (SSSR count). The van der Waals surface area contributed by atoms with Crippen LogP contribution in [-0.2, 0) is 15.1 Å². The molecule has 0 spiro atoms. The maximum Gasteiger partial charge on any atom is 0.343 e. The second-order valence-corrected chi connectivity index (χ2v) is 9.33. The number of carbonyl (C=O) groups is 1. The summed E-state index contributed by atoms with van der Waals surface area (Å²) in [7, 11) is 0. The lowest BCUT2D eigenvalue weighted by atomic mass is 9.73. The predicted octanol–water partition coefficient (Wildman–Crippen LogP) is 3.96. The molecular formula is C26H35N3O3. The van der Waals surface area contributed by atoms with Crippen molar-refractivity contribution in [1.29, 1.82) is 0 Å². The minimum absolute atomic E-state index is 0.00331. The number of esters is 1. The molecule has 1 aromatic heterocycles. The number of benzene rings is 1. The standard InChI is InChI=1S/C26H35N3O3/c30-25(26(31,22-7-3-1-4-8-22)23-9-5-2-6-10-23)32-18-21(24-13-16-28-19-29-24)17-20-11-14-27-15-12-20/h1,3-4,7-8,13,16,19-21,23,27,31H,2,5-6,9-12,14-15,17-18H2. The van der Waals surface area contributed by atoms with Gasteiger partial charge < -0.3 is 15.2 Å². The van der Waals surface area contributed by atoms with Crippen LogP contribution in [0.25, 0.3) is 0 Å². The largest absolute Gasteiger partial charge is 0.463 e. The Morgan fingerprint density at radius 3 is 2.53 bits per heavy atom. The molecule has 2 atom stereocenters. The van der Waals surface area contributed by atoms with Crippen LogP contribution in [0.4, 0.5) is 0 Å². The Kier molecular flexibility index (Phi) is 7.87. The van der Waals surface area contributed by atoms with Gasteiger partial charge in [0.1, 0.15) is 6.33 Å². The fourth-order valence-corrected chi connectivity index (χ4v) is 5.36. The van der Waals surface area contributed by atoms with E-state index in [0.29, 0.717) is 11.5 Å². The van der Waals surface area contributed by atoms with Crippen LogP contribution in [0.1, 0.15) is 68.5 Å². The number of hydrogen-bond donors (Lipinski definition) is 2. The molecule has 2 unspecified atom stereocenters. The number of nitrogens with one attached hydrogen (secondary N) is 1. The van der Waals surface area contributed by atoms with E-state index in [1.54, 1.807) is 12.5 Å². The zero-order valence-corrected chi connectivity index (χ0v) is 18.8. The Hall–Kier alpha value is -2.31. The molecule has 0 amide bonds. The quantitative estimate of drug-likeness (QED) is 0.608. The average molecular weight is 438 g/mol. The van der Waals surface area contributed by atoms with Crippen LogP contribution in [-0.4, -0.2) is 40.7 Å². The predicted molar refractivity (Wildman–Crippen MR) is 123 cm³/mol. The number of hydrogen-bond acceptors (Lipinski definition) is 6. The van der Waals surface area contributed by atoms with Crippen molar-refractivity contribution in [3.63, 3.8) is 0 Å². The number of carbonyl (C=O) groups excluding carboxylic acids is 1. The van der Waals surface area contributed by atoms with Gasteiger partial charge in [0.2, 0.25) is 0 Å². The van der Waals surface area contributed by atoms with Crippen LogP contribution < -0.4 is 5.32 Å². The van der Waals surface area contributed by atoms with Gasteiger partial charge in [0.05, 0.1) is 12.3 Å². The Morgan fingerprint density at radius 1 is 1.09 bits per heavy atom. The topological polar surface area (TPSA) is 84.3 Å². The summed E-state index contributed by atoms with van der Waals surface area (Å²) in [6, 6.07) is 11.2. The van der Waals surface area contributed by atoms with E-state index in [-0.39, 0.29) is 18.4 Å². The minimum Gasteiger partial charge on any atom is -0.463 e. The number of piperidine rings is 1. The molecule has 0 bridgehead atoms. The molecule has 32 heavy (non-hydrogen) atoms. The first-order valence-corrected chi connectivity index (χ1v) is 12.1. The normalized spacial score (nSPS) is 20.9. The highest BCUT2D eigenvalue weighted by molar-refractivity contribution is 5.81. The highest BCUT2D eigenvalue weighted by Crippen LogP contribution is 2.40. The SMILES string of the molecule is O=C(OCC(CC1CCNCC1)c1ccncn1)C(O)(c1ccccc1)C1CCCCC1. The molecule has 1 saturated heterocycles. The third kappa shape index (κ3) is 5.36. The summed E-state index contributed by atoms with van der Waals surface area (Å²) in [5.41, 5.74) is -0.0757. The summed E-state index contributed by atoms with van der Waals surface area (Å²) in [4.78, 5) is 22.0. The molecule has 1 aromatic carbocycles. The molecule has 6 nitrogen and oxygen atoms in total. The summed E-state index contributed by atoms with van der Waals surface area (Å²) >= 11 is 0. The molecule has 1 saturated carbocycles. The van der Waals surface area contributed by atoms with Crippen molar-refractivity contribution in [2.75, 3.05) is 19.7 Å². The Morgan fingerprint density at radius 2 is 1.84 bits per heavy atom. The number of rotatable bonds is 8. The minimum atomic E-state index is -1.60. The summed E-state index contributed by atoms with van der Waals surface area (Å²) in [6.07, 6.45) is 11.3. The van der Waals surface area contributed by atoms with Gasteiger partial charge in [-0.3, -0.25) is 0 Å². The maximum atomic E-state index is 13.5. The maximum absolute atomic E-state index is 13.5. The lowest BCUT2D eigenvalue weighted by Gasteiger charge is -2.37. The van der Waals surface area contributed by atoms with Gasteiger partial charge in [-0.05, 0) is 62.7 Å². The van der Waals surface area contributed by atoms with E-state index in [2.05, 4.69) is 15.3 Å². The lowest BCUT2D eigenvalue weighted by molar-refractivity contribution is -0.176. The lowest BCUT2D eigenvalue weighted by Crippen LogP contribution is -2.45. The monoisotopic (exact) mass is 437 g/mol. The second kappa shape index (κ2) is 11.0. The Bertz CT molecular complexity index is 836. The third-order valence-electron chi connectivity index (χ3n) is 7.24. The first-order chi connectivity index (χ1) is 15.7. The van der Waals surface area contributed by atoms with E-state index in [9.17, 15) is 9.90 Å². The number of nitrogens with zero attached hydrogens (tertiary/aromatic N) is 2. The van der Waals surface area contributed by atoms with Gasteiger partial charge in [-0.15, -0.1) is 0 Å². The summed E-state index contributed by atoms with van der Waals surface area (Å²) < 4.78 is 5.91. The summed E-state index contributed by atoms with van der Waals surface area (Å²) in [5.74, 6) is -0.0780. The Labute approximate surface area is 190 Å². The van der Waals surface area contributed by atoms with Crippen molar-refractivity contribution in [1.82, 2.24) is 15.3 Å². The third-order valence-corrected chi connectivity index (χ3v) is 7.24. The molecular weight excluding hydrogens is 402 g/mol. The van der Waals surface area contributed by atoms with Crippen LogP contribution in [0.15, 0.2) is 48.9 Å². The Balaban J connectivity index is 1.51. The fourth-order valence-electron chi connectivity index (χ4n) is 5.36. The highest BCUT2D eigenvalue weighted by atomic mass is 16.5. The zero-order chi connectivity index (χ0) is 22.2. The van der Waals surface area contributed by atoms with E-state index in [1.807, 2.05) is 36.4 Å². The van der Waals surface area contributed by atoms with Crippen molar-refractivity contribution in [3.8, 4) is 0 Å². The highest BCUT2D eigenvalue weighted by Gasteiger charge is 2.47. The molecule has 1 aliphatic carbocycles. The van der Waals surface area contributed by atoms with Gasteiger partial charge >= 0.3 is 5.97 Å². The van der Waals surface area contributed by atoms with Gasteiger partial charge in [0.25, 0.3) is 0 Å². The van der Waals surface area contributed by atoms with Gasteiger partial charge in [0, 0.05) is 18.0 Å². The molecule has 172 valence electrons. The van der Waals surface area contributed by atoms with E-state index in [4.69, 9.17) is 4.74 Å². The van der Waals surface area contributed by atoms with Crippen LogP contribution in [0, 0.1) is 11.8 Å². The van der Waals surface area contributed by atoms with Crippen molar-refractivity contribution < 1.29 is 14.6 Å². The van der Waals surface area contributed by atoms with Crippen LogP contribution in [0.5, 0.6) is 0 Å². The van der Waals surface area contributed by atoms with Crippen molar-refractivity contribution in [2.24, 2.45) is 11.8 Å². The van der Waals surface area contributed by atoms with Crippen LogP contribution >= 0.6 is 0 Å². The van der Waals surface area contributed by atoms with Crippen molar-refractivity contribution in [2.45, 2.75) is 62.9 Å². The molecule has 6 heteroatoms. The van der Waals surface area contributed by atoms with Crippen LogP contribution in [0.3, 0.4) is 0 Å². The van der Waals surface area contributed by atoms with E-state index in [1.165, 1.54) is 0 Å². The molecule has 1 aliphatic heterocycles.